The number of hydrogen-bond acceptors (Lipinski definition) is 5. The molecule has 0 atom stereocenters. The molecule has 0 fully saturated rings. The van der Waals surface area contributed by atoms with Crippen LogP contribution in [0.5, 0.6) is 11.5 Å². The molecule has 0 saturated heterocycles. The molecule has 0 heterocycles. The quantitative estimate of drug-likeness (QED) is 0.659. The molecule has 0 aliphatic rings. The molecule has 0 aliphatic heterocycles. The second-order valence-corrected chi connectivity index (χ2v) is 3.69. The van der Waals surface area contributed by atoms with Gasteiger partial charge in [0.15, 0.2) is 11.5 Å². The summed E-state index contributed by atoms with van der Waals surface area (Å²) in [6.45, 7) is 0. The number of hydrogen-bond donors (Lipinski definition) is 1. The van der Waals surface area contributed by atoms with Crippen LogP contribution in [0.3, 0.4) is 0 Å². The van der Waals surface area contributed by atoms with E-state index in [1.54, 1.807) is 0 Å². The molecule has 19 heavy (non-hydrogen) atoms. The number of anilines is 1. The fourth-order valence-corrected chi connectivity index (χ4v) is 1.51. The summed E-state index contributed by atoms with van der Waals surface area (Å²) in [4.78, 5) is 23.0. The third-order valence-electron chi connectivity index (χ3n) is 2.32. The molecule has 0 radical (unpaired) electrons. The highest BCUT2D eigenvalue weighted by molar-refractivity contribution is 6.29. The number of halogens is 1. The lowest BCUT2D eigenvalue weighted by Crippen LogP contribution is -2.16. The third kappa shape index (κ3) is 3.51. The molecule has 0 spiro atoms. The fraction of sp³-hybridized carbons (Fsp3) is 0.333. The summed E-state index contributed by atoms with van der Waals surface area (Å²) in [5.74, 6) is -0.550. The molecular formula is C12H14ClNO5. The Balaban J connectivity index is 3.31. The van der Waals surface area contributed by atoms with Gasteiger partial charge in [0.05, 0.1) is 32.6 Å². The maximum absolute atomic E-state index is 11.7. The van der Waals surface area contributed by atoms with Gasteiger partial charge in [0.25, 0.3) is 0 Å². The van der Waals surface area contributed by atoms with E-state index in [0.717, 1.165) is 0 Å². The Morgan fingerprint density at radius 2 is 1.74 bits per heavy atom. The zero-order valence-corrected chi connectivity index (χ0v) is 11.5. The average Bonchev–Trinajstić information content (AvgIpc) is 2.45. The first-order valence-electron chi connectivity index (χ1n) is 5.27. The van der Waals surface area contributed by atoms with Crippen molar-refractivity contribution in [2.75, 3.05) is 32.5 Å². The zero-order valence-electron chi connectivity index (χ0n) is 10.8. The minimum absolute atomic E-state index is 0.151. The standard InChI is InChI=1S/C12H14ClNO5/c1-17-9-4-7(12(16)19-3)8(5-10(9)18-2)14-11(15)6-13/h4-5H,6H2,1-3H3,(H,14,15). The summed E-state index contributed by atoms with van der Waals surface area (Å²) in [7, 11) is 4.13. The van der Waals surface area contributed by atoms with E-state index in [0.29, 0.717) is 11.5 Å². The van der Waals surface area contributed by atoms with Crippen LogP contribution in [0, 0.1) is 0 Å². The van der Waals surface area contributed by atoms with Crippen molar-refractivity contribution in [3.63, 3.8) is 0 Å². The van der Waals surface area contributed by atoms with Gasteiger partial charge >= 0.3 is 5.97 Å². The van der Waals surface area contributed by atoms with E-state index >= 15 is 0 Å². The Morgan fingerprint density at radius 3 is 2.21 bits per heavy atom. The lowest BCUT2D eigenvalue weighted by molar-refractivity contribution is -0.113. The number of amides is 1. The molecule has 1 aromatic carbocycles. The van der Waals surface area contributed by atoms with E-state index in [-0.39, 0.29) is 17.1 Å². The number of ether oxygens (including phenoxy) is 3. The van der Waals surface area contributed by atoms with Gasteiger partial charge < -0.3 is 19.5 Å². The molecule has 104 valence electrons. The van der Waals surface area contributed by atoms with Crippen LogP contribution in [0.4, 0.5) is 5.69 Å². The first-order valence-corrected chi connectivity index (χ1v) is 5.81. The number of nitrogens with one attached hydrogen (secondary N) is 1. The van der Waals surface area contributed by atoms with Crippen LogP contribution in [0.2, 0.25) is 0 Å². The van der Waals surface area contributed by atoms with Crippen molar-refractivity contribution < 1.29 is 23.8 Å². The number of carbonyl (C=O) groups excluding carboxylic acids is 2. The van der Waals surface area contributed by atoms with Crippen LogP contribution in [-0.2, 0) is 9.53 Å². The predicted molar refractivity (Wildman–Crippen MR) is 70.2 cm³/mol. The minimum Gasteiger partial charge on any atom is -0.493 e. The molecule has 1 aromatic rings. The number of rotatable bonds is 5. The molecule has 7 heteroatoms. The summed E-state index contributed by atoms with van der Waals surface area (Å²) in [6.07, 6.45) is 0. The van der Waals surface area contributed by atoms with Gasteiger partial charge in [0.2, 0.25) is 5.91 Å². The number of methoxy groups -OCH3 is 3. The molecular weight excluding hydrogens is 274 g/mol. The third-order valence-corrected chi connectivity index (χ3v) is 2.57. The fourth-order valence-electron chi connectivity index (χ4n) is 1.44. The highest BCUT2D eigenvalue weighted by atomic mass is 35.5. The van der Waals surface area contributed by atoms with Gasteiger partial charge in [-0.2, -0.15) is 0 Å². The van der Waals surface area contributed by atoms with Gasteiger partial charge in [0, 0.05) is 12.1 Å². The number of esters is 1. The van der Waals surface area contributed by atoms with Crippen LogP contribution in [0.25, 0.3) is 0 Å². The van der Waals surface area contributed by atoms with Crippen molar-refractivity contribution >= 4 is 29.2 Å². The van der Waals surface area contributed by atoms with Crippen molar-refractivity contribution in [3.8, 4) is 11.5 Å². The Bertz CT molecular complexity index is 489. The monoisotopic (exact) mass is 287 g/mol. The van der Waals surface area contributed by atoms with Gasteiger partial charge in [-0.1, -0.05) is 0 Å². The van der Waals surface area contributed by atoms with Crippen LogP contribution < -0.4 is 14.8 Å². The van der Waals surface area contributed by atoms with Crippen LogP contribution >= 0.6 is 11.6 Å². The van der Waals surface area contributed by atoms with Crippen molar-refractivity contribution in [2.45, 2.75) is 0 Å². The average molecular weight is 288 g/mol. The zero-order chi connectivity index (χ0) is 14.4. The highest BCUT2D eigenvalue weighted by Gasteiger charge is 2.18. The van der Waals surface area contributed by atoms with Crippen LogP contribution in [-0.4, -0.2) is 39.1 Å². The largest absolute Gasteiger partial charge is 0.493 e. The smallest absolute Gasteiger partial charge is 0.340 e. The molecule has 6 nitrogen and oxygen atoms in total. The normalized spacial score (nSPS) is 9.68. The van der Waals surface area contributed by atoms with Gasteiger partial charge in [-0.3, -0.25) is 4.79 Å². The van der Waals surface area contributed by atoms with Crippen LogP contribution in [0.1, 0.15) is 10.4 Å². The lowest BCUT2D eigenvalue weighted by Gasteiger charge is -2.14. The van der Waals surface area contributed by atoms with E-state index < -0.39 is 11.9 Å². The maximum Gasteiger partial charge on any atom is 0.340 e. The summed E-state index contributed by atoms with van der Waals surface area (Å²) < 4.78 is 14.8. The predicted octanol–water partition coefficient (Wildman–Crippen LogP) is 1.67. The Kier molecular flexibility index (Phi) is 5.44. The molecule has 0 aliphatic carbocycles. The number of benzene rings is 1. The molecule has 1 rings (SSSR count). The van der Waals surface area contributed by atoms with Gasteiger partial charge in [-0.25, -0.2) is 4.79 Å². The molecule has 0 unspecified atom stereocenters. The number of alkyl halides is 1. The first kappa shape index (κ1) is 15.1. The van der Waals surface area contributed by atoms with Gasteiger partial charge in [-0.05, 0) is 0 Å². The van der Waals surface area contributed by atoms with Crippen molar-refractivity contribution in [1.82, 2.24) is 0 Å². The maximum atomic E-state index is 11.7. The Morgan fingerprint density at radius 1 is 1.16 bits per heavy atom. The molecule has 1 N–H and O–H groups in total. The van der Waals surface area contributed by atoms with Gasteiger partial charge in [0.1, 0.15) is 5.88 Å². The summed E-state index contributed by atoms with van der Waals surface area (Å²) in [6, 6.07) is 2.89. The van der Waals surface area contributed by atoms with E-state index in [2.05, 4.69) is 10.1 Å². The van der Waals surface area contributed by atoms with E-state index in [4.69, 9.17) is 21.1 Å². The number of carbonyl (C=O) groups is 2. The van der Waals surface area contributed by atoms with E-state index in [1.807, 2.05) is 0 Å². The molecule has 0 aromatic heterocycles. The topological polar surface area (TPSA) is 73.9 Å². The van der Waals surface area contributed by atoms with Crippen molar-refractivity contribution in [2.24, 2.45) is 0 Å². The van der Waals surface area contributed by atoms with Crippen LogP contribution in [0.15, 0.2) is 12.1 Å². The van der Waals surface area contributed by atoms with E-state index in [1.165, 1.54) is 33.5 Å². The first-order chi connectivity index (χ1) is 9.07. The Labute approximate surface area is 115 Å². The Hall–Kier alpha value is -1.95. The highest BCUT2D eigenvalue weighted by Crippen LogP contribution is 2.33. The summed E-state index contributed by atoms with van der Waals surface area (Å²) >= 11 is 5.42. The molecule has 0 bridgehead atoms. The lowest BCUT2D eigenvalue weighted by atomic mass is 10.1. The second kappa shape index (κ2) is 6.84. The molecule has 0 saturated carbocycles. The van der Waals surface area contributed by atoms with Crippen molar-refractivity contribution in [3.05, 3.63) is 17.7 Å². The minimum atomic E-state index is -0.606. The summed E-state index contributed by atoms with van der Waals surface area (Å²) in [5.41, 5.74) is 0.397. The van der Waals surface area contributed by atoms with Gasteiger partial charge in [-0.15, -0.1) is 11.6 Å². The van der Waals surface area contributed by atoms with E-state index in [9.17, 15) is 9.59 Å². The molecule has 1 amide bonds. The second-order valence-electron chi connectivity index (χ2n) is 3.43. The SMILES string of the molecule is COC(=O)c1cc(OC)c(OC)cc1NC(=O)CCl. The van der Waals surface area contributed by atoms with Crippen molar-refractivity contribution in [1.29, 1.82) is 0 Å². The summed E-state index contributed by atoms with van der Waals surface area (Å²) in [5, 5.41) is 2.49.